The van der Waals surface area contributed by atoms with Gasteiger partial charge in [0.2, 0.25) is 53.2 Å². The number of carboxylic acids is 2. The van der Waals surface area contributed by atoms with Crippen LogP contribution in [-0.2, 0) is 70.6 Å². The number of aromatic nitrogens is 5. The fourth-order valence-corrected chi connectivity index (χ4v) is 13.0. The van der Waals surface area contributed by atoms with Crippen molar-refractivity contribution in [2.24, 2.45) is 5.92 Å². The van der Waals surface area contributed by atoms with Crippen LogP contribution in [0, 0.1) is 5.92 Å². The number of carbonyl (C=O) groups is 11. The first-order valence-electron chi connectivity index (χ1n) is 34.2. The molecule has 36 heteroatoms. The zero-order valence-electron chi connectivity index (χ0n) is 56.5. The van der Waals surface area contributed by atoms with Crippen molar-refractivity contribution in [3.05, 3.63) is 34.0 Å². The average molecular weight is 1400 g/mol. The van der Waals surface area contributed by atoms with Gasteiger partial charge in [-0.15, -0.1) is 5.10 Å². The fraction of sp³-hybridized carbons (Fsp3) is 0.730. The van der Waals surface area contributed by atoms with E-state index < -0.39 is 169 Å². The number of aromatic amines is 1. The fourth-order valence-electron chi connectivity index (χ4n) is 13.0. The number of anilines is 1. The largest absolute Gasteiger partial charge is 0.479 e. The van der Waals surface area contributed by atoms with Crippen molar-refractivity contribution in [3.8, 4) is 0 Å². The van der Waals surface area contributed by atoms with Crippen molar-refractivity contribution in [2.45, 2.75) is 222 Å². The second-order valence-corrected chi connectivity index (χ2v) is 26.7. The highest BCUT2D eigenvalue weighted by atomic mass is 16.5. The van der Waals surface area contributed by atoms with Crippen LogP contribution in [0.1, 0.15) is 141 Å². The van der Waals surface area contributed by atoms with Crippen LogP contribution in [0.3, 0.4) is 0 Å². The lowest BCUT2D eigenvalue weighted by molar-refractivity contribution is -0.165. The Labute approximate surface area is 571 Å². The SMILES string of the molecule is CC(C)CCCCCCCCC[C@@H]1CC(=O)N[C@H]([C@@H](C)O)C(=O)N2CCC[C@@H]2C(=O)N2CCCC2C(=O)N[C@@H](CCCNc2nc(Cn3cc(CN4CCN(C)CC4)nn3)cc(=O)[nH]2)C(=O)N[C@H]([C@@H](O)C(=O)O)C(=O)N[C@H](CO)C(=O)N2CC[C@H](O)[C@H]2C(=O)N[C@@H]([C@H](O)C(=O)O)C(=O)O1. The number of piperazine rings is 1. The number of H-pyrrole nitrogens is 1. The summed E-state index contributed by atoms with van der Waals surface area (Å²) in [7, 11) is 2.05. The third kappa shape index (κ3) is 22.1. The van der Waals surface area contributed by atoms with Crippen molar-refractivity contribution in [2.75, 3.05) is 71.3 Å². The molecule has 0 spiro atoms. The molecule has 7 heterocycles. The first-order valence-corrected chi connectivity index (χ1v) is 34.2. The van der Waals surface area contributed by atoms with E-state index in [1.807, 2.05) is 17.7 Å². The number of ether oxygens (including phenoxy) is 1. The molecule has 5 saturated heterocycles. The Bertz CT molecular complexity index is 3200. The molecule has 0 bridgehead atoms. The monoisotopic (exact) mass is 1400 g/mol. The Kier molecular flexibility index (Phi) is 29.4. The summed E-state index contributed by atoms with van der Waals surface area (Å²) in [6, 6.07) is -14.0. The molecular weight excluding hydrogens is 1300 g/mol. The number of aliphatic hydroxyl groups excluding tert-OH is 5. The number of aliphatic carboxylic acids is 2. The summed E-state index contributed by atoms with van der Waals surface area (Å²) in [6.45, 7) is 7.67. The van der Waals surface area contributed by atoms with Crippen LogP contribution in [0.5, 0.6) is 0 Å². The minimum atomic E-state index is -2.81. The predicted molar refractivity (Wildman–Crippen MR) is 347 cm³/mol. The summed E-state index contributed by atoms with van der Waals surface area (Å²) >= 11 is 0. The Morgan fingerprint density at radius 3 is 1.92 bits per heavy atom. The highest BCUT2D eigenvalue weighted by molar-refractivity contribution is 6.00. The van der Waals surface area contributed by atoms with E-state index in [1.54, 1.807) is 6.20 Å². The van der Waals surface area contributed by atoms with Gasteiger partial charge < -0.3 is 92.0 Å². The van der Waals surface area contributed by atoms with Crippen molar-refractivity contribution < 1.29 is 93.2 Å². The Morgan fingerprint density at radius 1 is 0.636 bits per heavy atom. The third-order valence-corrected chi connectivity index (χ3v) is 18.5. The molecule has 13 atom stereocenters. The molecule has 2 aromatic rings. The van der Waals surface area contributed by atoms with E-state index in [0.717, 1.165) is 69.6 Å². The lowest BCUT2D eigenvalue weighted by Gasteiger charge is -2.34. The number of rotatable bonds is 25. The zero-order chi connectivity index (χ0) is 72.2. The number of likely N-dealkylation sites (N-methyl/N-ethyl adjacent to an activating group) is 1. The van der Waals surface area contributed by atoms with Crippen molar-refractivity contribution in [1.29, 1.82) is 0 Å². The molecule has 99 heavy (non-hydrogen) atoms. The maximum atomic E-state index is 14.7. The smallest absolute Gasteiger partial charge is 0.335 e. The molecule has 0 aliphatic carbocycles. The Hall–Kier alpha value is -8.29. The summed E-state index contributed by atoms with van der Waals surface area (Å²) in [5.74, 6) is -14.4. The van der Waals surface area contributed by atoms with E-state index >= 15 is 0 Å². The number of esters is 1. The van der Waals surface area contributed by atoms with Gasteiger partial charge in [0.05, 0.1) is 49.4 Å². The van der Waals surface area contributed by atoms with Gasteiger partial charge in [-0.3, -0.25) is 53.0 Å². The van der Waals surface area contributed by atoms with Gasteiger partial charge in [0.15, 0.2) is 18.2 Å². The maximum absolute atomic E-state index is 14.7. The van der Waals surface area contributed by atoms with Crippen LogP contribution >= 0.6 is 0 Å². The van der Waals surface area contributed by atoms with E-state index in [4.69, 9.17) is 4.74 Å². The van der Waals surface area contributed by atoms with Gasteiger partial charge in [-0.1, -0.05) is 64.0 Å². The summed E-state index contributed by atoms with van der Waals surface area (Å²) < 4.78 is 7.23. The molecular formula is C63H98N16O20. The molecule has 36 nitrogen and oxygen atoms in total. The topological polar surface area (TPSA) is 503 Å². The number of hydrogen-bond acceptors (Lipinski definition) is 24. The quantitative estimate of drug-likeness (QED) is 0.0329. The number of carbonyl (C=O) groups excluding carboxylic acids is 9. The summed E-state index contributed by atoms with van der Waals surface area (Å²) in [5.41, 5.74) is 0.468. The number of hydrogen-bond donors (Lipinski definition) is 14. The third-order valence-electron chi connectivity index (χ3n) is 18.5. The summed E-state index contributed by atoms with van der Waals surface area (Å²) in [4.78, 5) is 182. The number of nitrogens with zero attached hydrogens (tertiary/aromatic N) is 9. The lowest BCUT2D eigenvalue weighted by Crippen LogP contribution is -2.64. The van der Waals surface area contributed by atoms with E-state index in [9.17, 15) is 93.3 Å². The van der Waals surface area contributed by atoms with Crippen LogP contribution in [-0.4, -0.2) is 295 Å². The van der Waals surface area contributed by atoms with Crippen molar-refractivity contribution in [1.82, 2.24) is 76.0 Å². The summed E-state index contributed by atoms with van der Waals surface area (Å²) in [5, 5.41) is 97.7. The van der Waals surface area contributed by atoms with Crippen LogP contribution < -0.4 is 37.5 Å². The molecule has 0 radical (unpaired) electrons. The second kappa shape index (κ2) is 37.2. The standard InChI is InChI=1S/C63H98N16O20/c1-35(2)15-10-8-6-5-7-9-11-16-39-30-46(84)68-47(36(3)81)59(93)78-23-14-19-43(78)58(92)77-22-13-18-42(77)54(88)66-40(17-12-21-64-63-65-37(29-45(83)69-63)32-76-33-38(72-73-76)31-75-27-25-74(4)26-28-75)53(87)70-48(51(85)60(94)95)55(89)67-41(34-80)57(91)79-24-20-44(82)50(79)56(90)71-49(62(98)99-39)52(86)61(96)97/h29,33,35-36,39-44,47-52,80-82,85-86H,5-28,30-32,34H2,1-4H3,(H,66,88)(H,67,89)(H,68,84)(H,70,87)(H,71,90)(H,94,95)(H,96,97)(H2,64,65,69,83)/t36-,39-,40+,41-,42?,43-,44+,47-,48-,49+,50+,51-,52+/m1/s1. The van der Waals surface area contributed by atoms with Gasteiger partial charge in [0, 0.05) is 65.0 Å². The van der Waals surface area contributed by atoms with Gasteiger partial charge in [-0.25, -0.2) is 24.0 Å². The van der Waals surface area contributed by atoms with E-state index in [1.165, 1.54) is 22.6 Å². The highest BCUT2D eigenvalue weighted by Gasteiger charge is 2.49. The minimum Gasteiger partial charge on any atom is -0.479 e. The van der Waals surface area contributed by atoms with Gasteiger partial charge in [0.1, 0.15) is 48.4 Å². The first kappa shape index (κ1) is 78.1. The molecule has 5 aliphatic rings. The molecule has 2 aromatic heterocycles. The van der Waals surface area contributed by atoms with Gasteiger partial charge in [-0.05, 0) is 77.7 Å². The van der Waals surface area contributed by atoms with E-state index in [2.05, 4.69) is 65.2 Å². The number of aliphatic hydroxyl groups is 5. The number of amides is 8. The molecule has 5 aliphatic heterocycles. The van der Waals surface area contributed by atoms with Crippen LogP contribution in [0.25, 0.3) is 0 Å². The van der Waals surface area contributed by atoms with E-state index in [-0.39, 0.29) is 83.5 Å². The first-order chi connectivity index (χ1) is 47.1. The molecule has 14 N–H and O–H groups in total. The highest BCUT2D eigenvalue weighted by Crippen LogP contribution is 2.28. The normalized spacial score (nSPS) is 26.6. The molecule has 550 valence electrons. The molecule has 5 fully saturated rings. The Morgan fingerprint density at radius 2 is 1.26 bits per heavy atom. The molecule has 0 aromatic carbocycles. The molecule has 0 saturated carbocycles. The molecule has 7 rings (SSSR count). The van der Waals surface area contributed by atoms with Crippen molar-refractivity contribution in [3.63, 3.8) is 0 Å². The maximum Gasteiger partial charge on any atom is 0.335 e. The zero-order valence-corrected chi connectivity index (χ0v) is 56.5. The van der Waals surface area contributed by atoms with Gasteiger partial charge >= 0.3 is 17.9 Å². The van der Waals surface area contributed by atoms with Crippen LogP contribution in [0.15, 0.2) is 17.1 Å². The van der Waals surface area contributed by atoms with Crippen molar-refractivity contribution >= 4 is 71.1 Å². The molecule has 8 amide bonds. The second-order valence-electron chi connectivity index (χ2n) is 26.7. The number of fused-ring (bicyclic) bond motifs is 3. The Balaban J connectivity index is 1.16. The van der Waals surface area contributed by atoms with Crippen LogP contribution in [0.2, 0.25) is 0 Å². The van der Waals surface area contributed by atoms with Gasteiger partial charge in [-0.2, -0.15) is 0 Å². The number of cyclic esters (lactones) is 1. The minimum absolute atomic E-state index is 0.00483. The predicted octanol–water partition coefficient (Wildman–Crippen LogP) is -4.54. The average Bonchev–Trinajstić information content (AvgIpc) is 1.71. The van der Waals surface area contributed by atoms with E-state index in [0.29, 0.717) is 41.6 Å². The van der Waals surface area contributed by atoms with Crippen LogP contribution in [0.4, 0.5) is 5.95 Å². The lowest BCUT2D eigenvalue weighted by atomic mass is 10.0. The molecule has 1 unspecified atom stereocenters. The number of nitrogens with one attached hydrogen (secondary N) is 7. The number of carboxylic acid groups (broad SMARTS) is 2. The van der Waals surface area contributed by atoms with Gasteiger partial charge in [0.25, 0.3) is 5.56 Å². The number of unbranched alkanes of at least 4 members (excludes halogenated alkanes) is 6. The summed E-state index contributed by atoms with van der Waals surface area (Å²) in [6.07, 6.45) is -3.01.